The number of hydrogen-bond acceptors (Lipinski definition) is 4. The number of benzene rings is 1. The molecule has 0 bridgehead atoms. The number of rotatable bonds is 5. The molecule has 1 saturated carbocycles. The molecular formula is C19H22N2O4. The predicted octanol–water partition coefficient (Wildman–Crippen LogP) is 4.06. The van der Waals surface area contributed by atoms with Gasteiger partial charge in [0.25, 0.3) is 5.91 Å². The largest absolute Gasteiger partial charge is 0.495 e. The maximum atomic E-state index is 12.4. The van der Waals surface area contributed by atoms with Gasteiger partial charge >= 0.3 is 0 Å². The zero-order valence-electron chi connectivity index (χ0n) is 14.2. The van der Waals surface area contributed by atoms with E-state index in [2.05, 4.69) is 10.6 Å². The van der Waals surface area contributed by atoms with Gasteiger partial charge in [0.1, 0.15) is 5.75 Å². The van der Waals surface area contributed by atoms with Gasteiger partial charge in [-0.25, -0.2) is 0 Å². The predicted molar refractivity (Wildman–Crippen MR) is 94.9 cm³/mol. The number of hydrogen-bond donors (Lipinski definition) is 2. The first kappa shape index (κ1) is 17.1. The van der Waals surface area contributed by atoms with Crippen molar-refractivity contribution in [2.24, 2.45) is 5.92 Å². The van der Waals surface area contributed by atoms with Gasteiger partial charge in [0, 0.05) is 11.6 Å². The number of methoxy groups -OCH3 is 1. The molecule has 1 fully saturated rings. The number of carbonyl (C=O) groups is 2. The number of anilines is 2. The maximum absolute atomic E-state index is 12.4. The third kappa shape index (κ3) is 4.21. The second-order valence-electron chi connectivity index (χ2n) is 6.17. The van der Waals surface area contributed by atoms with Gasteiger partial charge in [-0.15, -0.1) is 0 Å². The van der Waals surface area contributed by atoms with E-state index in [1.807, 2.05) is 0 Å². The van der Waals surface area contributed by atoms with Crippen LogP contribution in [-0.4, -0.2) is 18.9 Å². The Morgan fingerprint density at radius 3 is 2.60 bits per heavy atom. The van der Waals surface area contributed by atoms with E-state index in [1.165, 1.54) is 19.8 Å². The second-order valence-corrected chi connectivity index (χ2v) is 6.17. The molecule has 0 saturated heterocycles. The molecule has 0 radical (unpaired) electrons. The maximum Gasteiger partial charge on any atom is 0.291 e. The standard InChI is InChI=1S/C19H22N2O4/c1-24-16-10-9-14(20-18(22)13-6-3-2-4-7-13)12-15(16)21-19(23)17-8-5-11-25-17/h5,8-13H,2-4,6-7H2,1H3,(H,20,22)(H,21,23). The van der Waals surface area contributed by atoms with Crippen molar-refractivity contribution in [2.75, 3.05) is 17.7 Å². The van der Waals surface area contributed by atoms with E-state index >= 15 is 0 Å². The summed E-state index contributed by atoms with van der Waals surface area (Å²) in [5, 5.41) is 5.69. The molecule has 2 amide bonds. The van der Waals surface area contributed by atoms with Crippen LogP contribution in [0.3, 0.4) is 0 Å². The molecule has 1 aliphatic carbocycles. The molecule has 132 valence electrons. The molecule has 25 heavy (non-hydrogen) atoms. The van der Waals surface area contributed by atoms with Crippen LogP contribution in [0.1, 0.15) is 42.7 Å². The third-order valence-electron chi connectivity index (χ3n) is 4.44. The van der Waals surface area contributed by atoms with E-state index in [4.69, 9.17) is 9.15 Å². The topological polar surface area (TPSA) is 80.6 Å². The molecule has 2 N–H and O–H groups in total. The van der Waals surface area contributed by atoms with Crippen molar-refractivity contribution in [3.8, 4) is 5.75 Å². The van der Waals surface area contributed by atoms with Crippen molar-refractivity contribution in [1.29, 1.82) is 0 Å². The number of amides is 2. The van der Waals surface area contributed by atoms with Gasteiger partial charge in [-0.2, -0.15) is 0 Å². The van der Waals surface area contributed by atoms with E-state index < -0.39 is 0 Å². The van der Waals surface area contributed by atoms with Crippen LogP contribution in [0.15, 0.2) is 41.0 Å². The SMILES string of the molecule is COc1ccc(NC(=O)C2CCCCC2)cc1NC(=O)c1ccco1. The molecule has 0 unspecified atom stereocenters. The number of carbonyl (C=O) groups excluding carboxylic acids is 2. The Kier molecular flexibility index (Phi) is 5.38. The first-order valence-electron chi connectivity index (χ1n) is 8.51. The lowest BCUT2D eigenvalue weighted by molar-refractivity contribution is -0.120. The Bertz CT molecular complexity index is 734. The van der Waals surface area contributed by atoms with E-state index in [0.29, 0.717) is 17.1 Å². The summed E-state index contributed by atoms with van der Waals surface area (Å²) >= 11 is 0. The van der Waals surface area contributed by atoms with Gasteiger partial charge < -0.3 is 19.8 Å². The van der Waals surface area contributed by atoms with Crippen LogP contribution < -0.4 is 15.4 Å². The molecule has 0 aliphatic heterocycles. The zero-order chi connectivity index (χ0) is 17.6. The smallest absolute Gasteiger partial charge is 0.291 e. The van der Waals surface area contributed by atoms with Gasteiger partial charge in [0.05, 0.1) is 19.1 Å². The molecule has 1 heterocycles. The summed E-state index contributed by atoms with van der Waals surface area (Å²) in [5.41, 5.74) is 1.11. The molecule has 1 aliphatic rings. The Labute approximate surface area is 146 Å². The summed E-state index contributed by atoms with van der Waals surface area (Å²) < 4.78 is 10.4. The molecule has 1 aromatic carbocycles. The van der Waals surface area contributed by atoms with E-state index in [0.717, 1.165) is 25.7 Å². The number of nitrogens with one attached hydrogen (secondary N) is 2. The highest BCUT2D eigenvalue weighted by Crippen LogP contribution is 2.30. The normalized spacial score (nSPS) is 14.8. The minimum atomic E-state index is -0.376. The fraction of sp³-hybridized carbons (Fsp3) is 0.368. The summed E-state index contributed by atoms with van der Waals surface area (Å²) in [6.07, 6.45) is 6.71. The summed E-state index contributed by atoms with van der Waals surface area (Å²) in [6, 6.07) is 8.40. The summed E-state index contributed by atoms with van der Waals surface area (Å²) in [4.78, 5) is 24.6. The van der Waals surface area contributed by atoms with Crippen LogP contribution >= 0.6 is 0 Å². The minimum Gasteiger partial charge on any atom is -0.495 e. The monoisotopic (exact) mass is 342 g/mol. The van der Waals surface area contributed by atoms with Crippen molar-refractivity contribution >= 4 is 23.2 Å². The third-order valence-corrected chi connectivity index (χ3v) is 4.44. The first-order valence-corrected chi connectivity index (χ1v) is 8.51. The van der Waals surface area contributed by atoms with Gasteiger partial charge in [-0.3, -0.25) is 9.59 Å². The van der Waals surface area contributed by atoms with Crippen LogP contribution in [-0.2, 0) is 4.79 Å². The van der Waals surface area contributed by atoms with Crippen molar-refractivity contribution in [1.82, 2.24) is 0 Å². The quantitative estimate of drug-likeness (QED) is 0.858. The summed E-state index contributed by atoms with van der Waals surface area (Å²) in [6.45, 7) is 0. The van der Waals surface area contributed by atoms with Crippen LogP contribution in [0, 0.1) is 5.92 Å². The van der Waals surface area contributed by atoms with Gasteiger partial charge in [-0.1, -0.05) is 19.3 Å². The van der Waals surface area contributed by atoms with Crippen molar-refractivity contribution < 1.29 is 18.7 Å². The van der Waals surface area contributed by atoms with Crippen LogP contribution in [0.2, 0.25) is 0 Å². The fourth-order valence-electron chi connectivity index (χ4n) is 3.08. The average molecular weight is 342 g/mol. The van der Waals surface area contributed by atoms with Gasteiger partial charge in [0.15, 0.2) is 5.76 Å². The minimum absolute atomic E-state index is 0.0353. The summed E-state index contributed by atoms with van der Waals surface area (Å²) in [7, 11) is 1.53. The van der Waals surface area contributed by atoms with Crippen LogP contribution in [0.5, 0.6) is 5.75 Å². The molecule has 0 spiro atoms. The first-order chi connectivity index (χ1) is 12.2. The van der Waals surface area contributed by atoms with E-state index in [1.54, 1.807) is 30.3 Å². The van der Waals surface area contributed by atoms with Crippen LogP contribution in [0.4, 0.5) is 11.4 Å². The highest BCUT2D eigenvalue weighted by Gasteiger charge is 2.21. The highest BCUT2D eigenvalue weighted by atomic mass is 16.5. The number of ether oxygens (including phenoxy) is 1. The molecule has 6 heteroatoms. The fourth-order valence-corrected chi connectivity index (χ4v) is 3.08. The van der Waals surface area contributed by atoms with Gasteiger partial charge in [0.2, 0.25) is 5.91 Å². The Morgan fingerprint density at radius 2 is 1.92 bits per heavy atom. The Balaban J connectivity index is 1.72. The lowest BCUT2D eigenvalue weighted by Crippen LogP contribution is -2.24. The Hall–Kier alpha value is -2.76. The van der Waals surface area contributed by atoms with E-state index in [9.17, 15) is 9.59 Å². The van der Waals surface area contributed by atoms with Crippen molar-refractivity contribution in [3.63, 3.8) is 0 Å². The molecule has 3 rings (SSSR count). The van der Waals surface area contributed by atoms with Crippen LogP contribution in [0.25, 0.3) is 0 Å². The highest BCUT2D eigenvalue weighted by molar-refractivity contribution is 6.03. The molecular weight excluding hydrogens is 320 g/mol. The molecule has 6 nitrogen and oxygen atoms in total. The summed E-state index contributed by atoms with van der Waals surface area (Å²) in [5.74, 6) is 0.443. The second kappa shape index (κ2) is 7.88. The van der Waals surface area contributed by atoms with Crippen molar-refractivity contribution in [2.45, 2.75) is 32.1 Å². The molecule has 2 aromatic rings. The van der Waals surface area contributed by atoms with Crippen molar-refractivity contribution in [3.05, 3.63) is 42.4 Å². The lowest BCUT2D eigenvalue weighted by Gasteiger charge is -2.21. The van der Waals surface area contributed by atoms with Gasteiger partial charge in [-0.05, 0) is 43.2 Å². The van der Waals surface area contributed by atoms with E-state index in [-0.39, 0.29) is 23.5 Å². The Morgan fingerprint density at radius 1 is 1.12 bits per heavy atom. The average Bonchev–Trinajstić information content (AvgIpc) is 3.17. The molecule has 0 atom stereocenters. The molecule has 1 aromatic heterocycles. The number of furan rings is 1. The zero-order valence-corrected chi connectivity index (χ0v) is 14.2. The lowest BCUT2D eigenvalue weighted by atomic mass is 9.88.